The second-order valence-electron chi connectivity index (χ2n) is 11.1. The first-order valence-electron chi connectivity index (χ1n) is 10.8. The van der Waals surface area contributed by atoms with Gasteiger partial charge in [-0.15, -0.1) is 0 Å². The standard InChI is InChI=1S/C23H30F2O5S/c1-20(2,3)17-4-6-18(7-5-17)22-11-15-8-16(12-22)10-21(9-15,13-22)14-30-19(26)23(24,25)31(27,28)29/h4-7,15-16H,8-14H2,1-3H3,(H,27,28,29). The molecule has 31 heavy (non-hydrogen) atoms. The van der Waals surface area contributed by atoms with Crippen molar-refractivity contribution in [2.24, 2.45) is 17.3 Å². The van der Waals surface area contributed by atoms with Gasteiger partial charge >= 0.3 is 21.3 Å². The molecule has 5 rings (SSSR count). The number of hydrogen-bond acceptors (Lipinski definition) is 4. The van der Waals surface area contributed by atoms with Crippen molar-refractivity contribution < 1.29 is 31.3 Å². The lowest BCUT2D eigenvalue weighted by molar-refractivity contribution is -0.173. The highest BCUT2D eigenvalue weighted by molar-refractivity contribution is 7.87. The van der Waals surface area contributed by atoms with Crippen LogP contribution in [0.5, 0.6) is 0 Å². The van der Waals surface area contributed by atoms with Gasteiger partial charge in [0.05, 0.1) is 6.61 Å². The van der Waals surface area contributed by atoms with Crippen LogP contribution in [0.2, 0.25) is 0 Å². The van der Waals surface area contributed by atoms with Crippen LogP contribution in [0.15, 0.2) is 24.3 Å². The zero-order chi connectivity index (χ0) is 22.9. The molecule has 2 atom stereocenters. The summed E-state index contributed by atoms with van der Waals surface area (Å²) in [4.78, 5) is 11.8. The fraction of sp³-hybridized carbons (Fsp3) is 0.696. The first-order valence-corrected chi connectivity index (χ1v) is 12.2. The van der Waals surface area contributed by atoms with Gasteiger partial charge in [0.1, 0.15) is 0 Å². The van der Waals surface area contributed by atoms with E-state index in [1.807, 2.05) is 0 Å². The van der Waals surface area contributed by atoms with E-state index < -0.39 is 26.8 Å². The number of alkyl halides is 2. The van der Waals surface area contributed by atoms with Crippen LogP contribution in [-0.2, 0) is 30.5 Å². The van der Waals surface area contributed by atoms with Crippen molar-refractivity contribution in [2.75, 3.05) is 6.61 Å². The van der Waals surface area contributed by atoms with Gasteiger partial charge in [-0.3, -0.25) is 4.55 Å². The Morgan fingerprint density at radius 2 is 1.65 bits per heavy atom. The van der Waals surface area contributed by atoms with Crippen LogP contribution in [-0.4, -0.2) is 30.8 Å². The minimum absolute atomic E-state index is 0.0493. The first kappa shape index (κ1) is 22.6. The van der Waals surface area contributed by atoms with Gasteiger partial charge in [-0.25, -0.2) is 4.79 Å². The number of ether oxygens (including phenoxy) is 1. The highest BCUT2D eigenvalue weighted by Crippen LogP contribution is 2.65. The highest BCUT2D eigenvalue weighted by atomic mass is 32.2. The van der Waals surface area contributed by atoms with E-state index in [0.717, 1.165) is 38.5 Å². The third kappa shape index (κ3) is 3.90. The minimum Gasteiger partial charge on any atom is -0.460 e. The molecule has 2 unspecified atom stereocenters. The summed E-state index contributed by atoms with van der Waals surface area (Å²) in [7, 11) is -5.86. The fourth-order valence-corrected chi connectivity index (χ4v) is 6.96. The summed E-state index contributed by atoms with van der Waals surface area (Å²) in [5, 5.41) is -4.95. The van der Waals surface area contributed by atoms with Crippen LogP contribution in [0, 0.1) is 17.3 Å². The van der Waals surface area contributed by atoms with E-state index in [9.17, 15) is 22.0 Å². The maximum atomic E-state index is 13.6. The Kier molecular flexibility index (Phi) is 5.10. The molecule has 0 spiro atoms. The van der Waals surface area contributed by atoms with E-state index >= 15 is 0 Å². The van der Waals surface area contributed by atoms with Gasteiger partial charge in [0, 0.05) is 5.41 Å². The molecule has 0 radical (unpaired) electrons. The SMILES string of the molecule is CC(C)(C)c1ccc(C23CC4CC(CC(COC(=O)C(F)(F)S(=O)(=O)O)(C4)C2)C3)cc1. The zero-order valence-corrected chi connectivity index (χ0v) is 19.0. The summed E-state index contributed by atoms with van der Waals surface area (Å²) in [6.07, 6.45) is 5.47. The summed E-state index contributed by atoms with van der Waals surface area (Å²) in [5.74, 6) is -1.33. The van der Waals surface area contributed by atoms with Crippen LogP contribution in [0.1, 0.15) is 70.4 Å². The Labute approximate surface area is 182 Å². The maximum Gasteiger partial charge on any atom is 0.465 e. The molecule has 1 aromatic carbocycles. The molecule has 4 aliphatic rings. The van der Waals surface area contributed by atoms with Gasteiger partial charge in [-0.1, -0.05) is 45.0 Å². The van der Waals surface area contributed by atoms with Gasteiger partial charge in [0.2, 0.25) is 0 Å². The molecule has 8 heteroatoms. The summed E-state index contributed by atoms with van der Waals surface area (Å²) in [5.41, 5.74) is 2.04. The maximum absolute atomic E-state index is 13.6. The summed E-state index contributed by atoms with van der Waals surface area (Å²) in [6, 6.07) is 8.68. The van der Waals surface area contributed by atoms with E-state index in [1.165, 1.54) is 11.1 Å². The number of rotatable bonds is 5. The quantitative estimate of drug-likeness (QED) is 0.506. The topological polar surface area (TPSA) is 80.7 Å². The number of hydrogen-bond donors (Lipinski definition) is 1. The molecule has 0 aliphatic heterocycles. The van der Waals surface area contributed by atoms with Crippen LogP contribution in [0.4, 0.5) is 8.78 Å². The van der Waals surface area contributed by atoms with Crippen LogP contribution in [0.3, 0.4) is 0 Å². The normalized spacial score (nSPS) is 32.8. The summed E-state index contributed by atoms with van der Waals surface area (Å²) < 4.78 is 62.5. The van der Waals surface area contributed by atoms with E-state index in [-0.39, 0.29) is 17.4 Å². The molecule has 1 N–H and O–H groups in total. The number of carbonyl (C=O) groups is 1. The molecule has 172 valence electrons. The Balaban J connectivity index is 1.57. The van der Waals surface area contributed by atoms with Gasteiger partial charge in [-0.2, -0.15) is 17.2 Å². The molecule has 0 saturated heterocycles. The average molecular weight is 457 g/mol. The molecule has 4 bridgehead atoms. The highest BCUT2D eigenvalue weighted by Gasteiger charge is 2.60. The number of esters is 1. The van der Waals surface area contributed by atoms with Crippen molar-refractivity contribution in [1.82, 2.24) is 0 Å². The molecule has 4 aliphatic carbocycles. The van der Waals surface area contributed by atoms with Crippen molar-refractivity contribution in [2.45, 2.75) is 75.4 Å². The Hall–Kier alpha value is -1.54. The second kappa shape index (κ2) is 6.98. The monoisotopic (exact) mass is 456 g/mol. The van der Waals surface area contributed by atoms with Crippen molar-refractivity contribution >= 4 is 16.1 Å². The Morgan fingerprint density at radius 1 is 1.10 bits per heavy atom. The zero-order valence-electron chi connectivity index (χ0n) is 18.2. The molecule has 4 fully saturated rings. The Bertz CT molecular complexity index is 964. The molecule has 0 heterocycles. The molecule has 4 saturated carbocycles. The number of benzene rings is 1. The Morgan fingerprint density at radius 3 is 2.13 bits per heavy atom. The van der Waals surface area contributed by atoms with E-state index in [1.54, 1.807) is 0 Å². The molecule has 1 aromatic rings. The molecule has 0 aromatic heterocycles. The first-order chi connectivity index (χ1) is 14.2. The third-order valence-electron chi connectivity index (χ3n) is 7.62. The van der Waals surface area contributed by atoms with E-state index in [2.05, 4.69) is 45.0 Å². The van der Waals surface area contributed by atoms with Crippen LogP contribution >= 0.6 is 0 Å². The van der Waals surface area contributed by atoms with Crippen molar-refractivity contribution in [3.63, 3.8) is 0 Å². The largest absolute Gasteiger partial charge is 0.465 e. The van der Waals surface area contributed by atoms with E-state index in [0.29, 0.717) is 11.8 Å². The van der Waals surface area contributed by atoms with Crippen molar-refractivity contribution in [3.8, 4) is 0 Å². The van der Waals surface area contributed by atoms with Gasteiger partial charge in [-0.05, 0) is 72.3 Å². The van der Waals surface area contributed by atoms with Crippen LogP contribution < -0.4 is 0 Å². The second-order valence-corrected chi connectivity index (χ2v) is 12.6. The van der Waals surface area contributed by atoms with E-state index in [4.69, 9.17) is 9.29 Å². The van der Waals surface area contributed by atoms with Crippen LogP contribution in [0.25, 0.3) is 0 Å². The fourth-order valence-electron chi connectivity index (χ4n) is 6.69. The summed E-state index contributed by atoms with van der Waals surface area (Å²) >= 11 is 0. The molecule has 0 amide bonds. The van der Waals surface area contributed by atoms with Crippen molar-refractivity contribution in [1.29, 1.82) is 0 Å². The smallest absolute Gasteiger partial charge is 0.460 e. The van der Waals surface area contributed by atoms with Gasteiger partial charge in [0.25, 0.3) is 0 Å². The average Bonchev–Trinajstić information content (AvgIpc) is 2.63. The van der Waals surface area contributed by atoms with Gasteiger partial charge in [0.15, 0.2) is 0 Å². The van der Waals surface area contributed by atoms with Gasteiger partial charge < -0.3 is 4.74 Å². The number of halogens is 2. The minimum atomic E-state index is -5.86. The predicted molar refractivity (Wildman–Crippen MR) is 111 cm³/mol. The lowest BCUT2D eigenvalue weighted by Gasteiger charge is -2.62. The summed E-state index contributed by atoms with van der Waals surface area (Å²) in [6.45, 7) is 6.25. The molecular weight excluding hydrogens is 426 g/mol. The van der Waals surface area contributed by atoms with Crippen molar-refractivity contribution in [3.05, 3.63) is 35.4 Å². The molecule has 5 nitrogen and oxygen atoms in total. The number of carbonyl (C=O) groups excluding carboxylic acids is 1. The molecular formula is C23H30F2O5S. The third-order valence-corrected chi connectivity index (χ3v) is 8.43. The lowest BCUT2D eigenvalue weighted by Crippen LogP contribution is -2.56. The lowest BCUT2D eigenvalue weighted by atomic mass is 9.43. The predicted octanol–water partition coefficient (Wildman–Crippen LogP) is 4.85.